The Hall–Kier alpha value is -2.02. The molecule has 4 aliphatic carbocycles. The molecule has 4 rings (SSSR count). The zero-order valence-electron chi connectivity index (χ0n) is 21.0. The van der Waals surface area contributed by atoms with Gasteiger partial charge in [0.05, 0.1) is 6.10 Å². The molecule has 34 heavy (non-hydrogen) atoms. The van der Waals surface area contributed by atoms with Gasteiger partial charge >= 0.3 is 11.9 Å². The number of allylic oxidation sites excluding steroid dienone is 1. The van der Waals surface area contributed by atoms with Crippen molar-refractivity contribution in [2.45, 2.75) is 91.3 Å². The lowest BCUT2D eigenvalue weighted by Crippen LogP contribution is -2.63. The number of fused-ring (bicyclic) bond motifs is 5. The van der Waals surface area contributed by atoms with Crippen LogP contribution in [0.2, 0.25) is 0 Å². The molecule has 7 nitrogen and oxygen atoms in total. The van der Waals surface area contributed by atoms with Crippen LogP contribution in [-0.2, 0) is 28.7 Å². The zero-order valence-corrected chi connectivity index (χ0v) is 21.0. The Kier molecular flexibility index (Phi) is 6.33. The highest BCUT2D eigenvalue weighted by Gasteiger charge is 2.71. The minimum Gasteiger partial charge on any atom is -0.458 e. The van der Waals surface area contributed by atoms with E-state index in [2.05, 4.69) is 13.8 Å². The van der Waals surface area contributed by atoms with E-state index in [0.717, 1.165) is 18.4 Å². The van der Waals surface area contributed by atoms with Crippen LogP contribution in [0, 0.1) is 34.5 Å². The predicted octanol–water partition coefficient (Wildman–Crippen LogP) is 3.56. The molecule has 0 aromatic heterocycles. The van der Waals surface area contributed by atoms with E-state index < -0.39 is 41.4 Å². The summed E-state index contributed by atoms with van der Waals surface area (Å²) in [7, 11) is 0. The number of hydrogen-bond donors (Lipinski definition) is 1. The van der Waals surface area contributed by atoms with Crippen LogP contribution >= 0.6 is 0 Å². The standard InChI is InChI=1S/C27H38O7/c1-6-23(32)34-27(22(31)14-33-16(3)28)10-8-19-18-11-15(2)20-12-17(29)7-9-25(20,4)24(18)21(30)13-26(19,27)5/h12,15,18-19,21,24,30H,6-11,13-14H2,1-5H3/t15?,18-,19-,21?,24+,25-,26-,27-/m0/s1. The van der Waals surface area contributed by atoms with E-state index in [1.807, 2.05) is 13.0 Å². The maximum atomic E-state index is 13.6. The van der Waals surface area contributed by atoms with Gasteiger partial charge in [-0.05, 0) is 67.3 Å². The molecule has 0 spiro atoms. The average molecular weight is 475 g/mol. The predicted molar refractivity (Wildman–Crippen MR) is 123 cm³/mol. The molecule has 0 heterocycles. The van der Waals surface area contributed by atoms with Crippen LogP contribution in [0.4, 0.5) is 0 Å². The highest BCUT2D eigenvalue weighted by molar-refractivity contribution is 5.93. The van der Waals surface area contributed by atoms with Crippen LogP contribution in [0.3, 0.4) is 0 Å². The van der Waals surface area contributed by atoms with Crippen LogP contribution in [-0.4, -0.2) is 46.9 Å². The van der Waals surface area contributed by atoms with Crippen molar-refractivity contribution in [1.29, 1.82) is 0 Å². The van der Waals surface area contributed by atoms with E-state index in [1.54, 1.807) is 6.92 Å². The third-order valence-electron chi connectivity index (χ3n) is 9.77. The van der Waals surface area contributed by atoms with Crippen LogP contribution in [0.25, 0.3) is 0 Å². The Bertz CT molecular complexity index is 937. The summed E-state index contributed by atoms with van der Waals surface area (Å²) < 4.78 is 11.0. The lowest BCUT2D eigenvalue weighted by Gasteiger charge is -2.62. The molecular formula is C27H38O7. The summed E-state index contributed by atoms with van der Waals surface area (Å²) in [6.45, 7) is 8.81. The second-order valence-corrected chi connectivity index (χ2v) is 11.5. The van der Waals surface area contributed by atoms with Crippen LogP contribution in [0.1, 0.15) is 79.6 Å². The van der Waals surface area contributed by atoms with Crippen LogP contribution in [0.15, 0.2) is 11.6 Å². The number of carbonyl (C=O) groups is 4. The number of aliphatic hydroxyl groups is 1. The maximum Gasteiger partial charge on any atom is 0.306 e. The van der Waals surface area contributed by atoms with Gasteiger partial charge in [0.25, 0.3) is 0 Å². The number of Topliss-reactive ketones (excluding diaryl/α,β-unsaturated/α-hetero) is 1. The molecule has 0 saturated heterocycles. The lowest BCUT2D eigenvalue weighted by atomic mass is 9.44. The summed E-state index contributed by atoms with van der Waals surface area (Å²) in [4.78, 5) is 49.7. The first-order valence-electron chi connectivity index (χ1n) is 12.7. The molecule has 3 saturated carbocycles. The minimum atomic E-state index is -1.42. The van der Waals surface area contributed by atoms with Gasteiger partial charge in [-0.2, -0.15) is 0 Å². The fourth-order valence-corrected chi connectivity index (χ4v) is 8.34. The van der Waals surface area contributed by atoms with Gasteiger partial charge in [-0.15, -0.1) is 0 Å². The van der Waals surface area contributed by atoms with Crippen molar-refractivity contribution in [3.8, 4) is 0 Å². The van der Waals surface area contributed by atoms with Crippen molar-refractivity contribution in [2.24, 2.45) is 34.5 Å². The van der Waals surface area contributed by atoms with Gasteiger partial charge in [-0.3, -0.25) is 19.2 Å². The second kappa shape index (κ2) is 8.58. The first-order valence-corrected chi connectivity index (χ1v) is 12.7. The number of ether oxygens (including phenoxy) is 2. The van der Waals surface area contributed by atoms with Crippen LogP contribution < -0.4 is 0 Å². The van der Waals surface area contributed by atoms with Gasteiger partial charge in [-0.1, -0.05) is 33.3 Å². The molecule has 0 bridgehead atoms. The van der Waals surface area contributed by atoms with E-state index in [0.29, 0.717) is 25.7 Å². The number of esters is 2. The van der Waals surface area contributed by atoms with Gasteiger partial charge in [0.2, 0.25) is 5.78 Å². The highest BCUT2D eigenvalue weighted by atomic mass is 16.6. The molecule has 0 amide bonds. The van der Waals surface area contributed by atoms with E-state index >= 15 is 0 Å². The highest BCUT2D eigenvalue weighted by Crippen LogP contribution is 2.69. The molecule has 7 heteroatoms. The molecule has 0 aromatic carbocycles. The smallest absolute Gasteiger partial charge is 0.306 e. The number of rotatable bonds is 5. The molecular weight excluding hydrogens is 436 g/mol. The maximum absolute atomic E-state index is 13.6. The summed E-state index contributed by atoms with van der Waals surface area (Å²) in [5.74, 6) is -0.858. The number of ketones is 2. The molecule has 4 aliphatic rings. The molecule has 188 valence electrons. The number of hydrogen-bond acceptors (Lipinski definition) is 7. The van der Waals surface area contributed by atoms with Crippen molar-refractivity contribution < 1.29 is 33.8 Å². The van der Waals surface area contributed by atoms with Crippen molar-refractivity contribution in [1.82, 2.24) is 0 Å². The summed E-state index contributed by atoms with van der Waals surface area (Å²) in [5.41, 5.74) is -1.29. The summed E-state index contributed by atoms with van der Waals surface area (Å²) in [5, 5.41) is 11.6. The molecule has 0 aliphatic heterocycles. The largest absolute Gasteiger partial charge is 0.458 e. The molecule has 2 unspecified atom stereocenters. The van der Waals surface area contributed by atoms with E-state index in [9.17, 15) is 24.3 Å². The van der Waals surface area contributed by atoms with E-state index in [-0.39, 0.29) is 41.3 Å². The van der Waals surface area contributed by atoms with Gasteiger partial charge in [0, 0.05) is 25.2 Å². The molecule has 3 fully saturated rings. The third-order valence-corrected chi connectivity index (χ3v) is 9.77. The first kappa shape index (κ1) is 25.1. The van der Waals surface area contributed by atoms with Gasteiger partial charge in [-0.25, -0.2) is 0 Å². The van der Waals surface area contributed by atoms with Crippen molar-refractivity contribution in [3.63, 3.8) is 0 Å². The van der Waals surface area contributed by atoms with Gasteiger partial charge in [0.15, 0.2) is 18.0 Å². The Morgan fingerprint density at radius 1 is 1.21 bits per heavy atom. The fourth-order valence-electron chi connectivity index (χ4n) is 8.34. The molecule has 0 radical (unpaired) electrons. The van der Waals surface area contributed by atoms with Crippen molar-refractivity contribution >= 4 is 23.5 Å². The summed E-state index contributed by atoms with van der Waals surface area (Å²) in [6, 6.07) is 0. The van der Waals surface area contributed by atoms with Crippen molar-refractivity contribution in [2.75, 3.05) is 6.61 Å². The SMILES string of the molecule is CCC(=O)O[C@]1(C(=O)COC(C)=O)CC[C@H]2[C@@H]3CC(C)C4=CC(=O)CC[C@]4(C)[C@H]3C(O)C[C@@]21C. The van der Waals surface area contributed by atoms with Crippen LogP contribution in [0.5, 0.6) is 0 Å². The molecule has 8 atom stereocenters. The fraction of sp³-hybridized carbons (Fsp3) is 0.778. The van der Waals surface area contributed by atoms with E-state index in [1.165, 1.54) is 6.92 Å². The lowest BCUT2D eigenvalue weighted by molar-refractivity contribution is -0.204. The average Bonchev–Trinajstić information content (AvgIpc) is 3.05. The van der Waals surface area contributed by atoms with Gasteiger partial charge in [0.1, 0.15) is 0 Å². The first-order chi connectivity index (χ1) is 15.9. The summed E-state index contributed by atoms with van der Waals surface area (Å²) in [6.07, 6.45) is 4.69. The third kappa shape index (κ3) is 3.57. The van der Waals surface area contributed by atoms with Gasteiger partial charge < -0.3 is 14.6 Å². The quantitative estimate of drug-likeness (QED) is 0.607. The Morgan fingerprint density at radius 2 is 1.91 bits per heavy atom. The Labute approximate surface area is 201 Å². The monoisotopic (exact) mass is 474 g/mol. The minimum absolute atomic E-state index is 0.0117. The van der Waals surface area contributed by atoms with Crippen molar-refractivity contribution in [3.05, 3.63) is 11.6 Å². The number of aliphatic hydroxyl groups excluding tert-OH is 1. The summed E-state index contributed by atoms with van der Waals surface area (Å²) >= 11 is 0. The van der Waals surface area contributed by atoms with E-state index in [4.69, 9.17) is 9.47 Å². The zero-order chi connectivity index (χ0) is 25.1. The topological polar surface area (TPSA) is 107 Å². The second-order valence-electron chi connectivity index (χ2n) is 11.5. The normalized spacial score (nSPS) is 43.2. The number of carbonyl (C=O) groups excluding carboxylic acids is 4. The molecule has 1 N–H and O–H groups in total. The Balaban J connectivity index is 1.75. The Morgan fingerprint density at radius 3 is 2.56 bits per heavy atom. The molecule has 0 aromatic rings.